The summed E-state index contributed by atoms with van der Waals surface area (Å²) in [6, 6.07) is 1.51. The Morgan fingerprint density at radius 2 is 1.72 bits per heavy atom. The minimum Gasteiger partial charge on any atom is -0.313 e. The standard InChI is InChI=1S/C16H32N2/c1-15(2)9-14(10-16(3,4)12-15)18(5)11-13-7-6-8-17-13/h13-14,17H,6-12H2,1-5H3. The molecule has 1 heterocycles. The van der Waals surface area contributed by atoms with Gasteiger partial charge in [-0.1, -0.05) is 27.7 Å². The van der Waals surface area contributed by atoms with E-state index in [9.17, 15) is 0 Å². The molecule has 2 aliphatic rings. The van der Waals surface area contributed by atoms with E-state index in [0.29, 0.717) is 10.8 Å². The summed E-state index contributed by atoms with van der Waals surface area (Å²) in [7, 11) is 2.34. The predicted molar refractivity (Wildman–Crippen MR) is 78.9 cm³/mol. The third kappa shape index (κ3) is 3.71. The summed E-state index contributed by atoms with van der Waals surface area (Å²) >= 11 is 0. The fourth-order valence-corrected chi connectivity index (χ4v) is 4.51. The molecule has 106 valence electrons. The van der Waals surface area contributed by atoms with Crippen molar-refractivity contribution in [1.29, 1.82) is 0 Å². The van der Waals surface area contributed by atoms with Gasteiger partial charge in [0.15, 0.2) is 0 Å². The zero-order valence-electron chi connectivity index (χ0n) is 13.1. The van der Waals surface area contributed by atoms with Gasteiger partial charge in [0.05, 0.1) is 0 Å². The maximum absolute atomic E-state index is 3.63. The first-order valence-corrected chi connectivity index (χ1v) is 7.71. The molecule has 1 atom stereocenters. The fraction of sp³-hybridized carbons (Fsp3) is 1.00. The predicted octanol–water partition coefficient (Wildman–Crippen LogP) is 3.28. The van der Waals surface area contributed by atoms with Crippen molar-refractivity contribution in [2.24, 2.45) is 10.8 Å². The molecule has 0 aromatic heterocycles. The Balaban J connectivity index is 1.94. The number of nitrogens with one attached hydrogen (secondary N) is 1. The molecule has 1 aliphatic heterocycles. The fourth-order valence-electron chi connectivity index (χ4n) is 4.51. The van der Waals surface area contributed by atoms with Gasteiger partial charge >= 0.3 is 0 Å². The van der Waals surface area contributed by atoms with Crippen LogP contribution < -0.4 is 5.32 Å². The van der Waals surface area contributed by atoms with Crippen LogP contribution in [0.1, 0.15) is 59.8 Å². The highest BCUT2D eigenvalue weighted by atomic mass is 15.2. The summed E-state index contributed by atoms with van der Waals surface area (Å²) in [5.41, 5.74) is 1.01. The molecule has 0 spiro atoms. The SMILES string of the molecule is CN(CC1CCCN1)C1CC(C)(C)CC(C)(C)C1. The van der Waals surface area contributed by atoms with Crippen LogP contribution in [0.25, 0.3) is 0 Å². The Bertz CT molecular complexity index is 261. The summed E-state index contributed by atoms with van der Waals surface area (Å²) < 4.78 is 0. The van der Waals surface area contributed by atoms with Crippen LogP contribution >= 0.6 is 0 Å². The van der Waals surface area contributed by atoms with Gasteiger partial charge in [0.25, 0.3) is 0 Å². The Morgan fingerprint density at radius 1 is 1.11 bits per heavy atom. The third-order valence-electron chi connectivity index (χ3n) is 4.83. The van der Waals surface area contributed by atoms with Crippen molar-refractivity contribution in [3.63, 3.8) is 0 Å². The van der Waals surface area contributed by atoms with Crippen LogP contribution in [0.5, 0.6) is 0 Å². The van der Waals surface area contributed by atoms with Crippen LogP contribution in [0, 0.1) is 10.8 Å². The van der Waals surface area contributed by atoms with Gasteiger partial charge in [-0.05, 0) is 56.5 Å². The van der Waals surface area contributed by atoms with Crippen LogP contribution in [0.2, 0.25) is 0 Å². The highest BCUT2D eigenvalue weighted by Gasteiger charge is 2.40. The lowest BCUT2D eigenvalue weighted by Crippen LogP contribution is -2.48. The van der Waals surface area contributed by atoms with E-state index in [1.807, 2.05) is 0 Å². The number of nitrogens with zero attached hydrogens (tertiary/aromatic N) is 1. The summed E-state index contributed by atoms with van der Waals surface area (Å²) in [6.07, 6.45) is 6.81. The van der Waals surface area contributed by atoms with Gasteiger partial charge < -0.3 is 10.2 Å². The van der Waals surface area contributed by atoms with Crippen molar-refractivity contribution in [3.05, 3.63) is 0 Å². The maximum atomic E-state index is 3.63. The molecule has 0 amide bonds. The molecule has 1 saturated heterocycles. The van der Waals surface area contributed by atoms with E-state index in [-0.39, 0.29) is 0 Å². The number of hydrogen-bond donors (Lipinski definition) is 1. The van der Waals surface area contributed by atoms with Crippen molar-refractivity contribution in [2.75, 3.05) is 20.1 Å². The molecule has 1 N–H and O–H groups in total. The van der Waals surface area contributed by atoms with Crippen LogP contribution in [0.3, 0.4) is 0 Å². The molecule has 1 aliphatic carbocycles. The molecular formula is C16H32N2. The molecule has 2 rings (SSSR count). The Labute approximate surface area is 114 Å². The van der Waals surface area contributed by atoms with Crippen molar-refractivity contribution in [2.45, 2.75) is 71.9 Å². The van der Waals surface area contributed by atoms with Crippen molar-refractivity contribution < 1.29 is 0 Å². The average Bonchev–Trinajstić information content (AvgIpc) is 2.65. The molecule has 2 fully saturated rings. The lowest BCUT2D eigenvalue weighted by atomic mass is 9.63. The van der Waals surface area contributed by atoms with Crippen molar-refractivity contribution in [1.82, 2.24) is 10.2 Å². The summed E-state index contributed by atoms with van der Waals surface area (Å²) in [5, 5.41) is 3.63. The first-order valence-electron chi connectivity index (χ1n) is 7.71. The van der Waals surface area contributed by atoms with Crippen LogP contribution in [-0.2, 0) is 0 Å². The second kappa shape index (κ2) is 5.13. The maximum Gasteiger partial charge on any atom is 0.0195 e. The summed E-state index contributed by atoms with van der Waals surface area (Å²) in [6.45, 7) is 12.2. The average molecular weight is 252 g/mol. The van der Waals surface area contributed by atoms with E-state index < -0.39 is 0 Å². The van der Waals surface area contributed by atoms with Crippen LogP contribution in [0.4, 0.5) is 0 Å². The molecule has 0 radical (unpaired) electrons. The monoisotopic (exact) mass is 252 g/mol. The number of rotatable bonds is 3. The van der Waals surface area contributed by atoms with Gasteiger partial charge in [-0.25, -0.2) is 0 Å². The summed E-state index contributed by atoms with van der Waals surface area (Å²) in [5.74, 6) is 0. The Kier molecular flexibility index (Phi) is 4.08. The first kappa shape index (κ1) is 14.3. The van der Waals surface area contributed by atoms with E-state index in [4.69, 9.17) is 0 Å². The van der Waals surface area contributed by atoms with Gasteiger partial charge in [-0.15, -0.1) is 0 Å². The second-order valence-corrected chi connectivity index (χ2v) is 8.30. The van der Waals surface area contributed by atoms with Gasteiger partial charge in [0.1, 0.15) is 0 Å². The molecule has 0 aromatic carbocycles. The molecule has 2 heteroatoms. The zero-order valence-corrected chi connectivity index (χ0v) is 13.1. The minimum atomic E-state index is 0.504. The lowest BCUT2D eigenvalue weighted by molar-refractivity contribution is 0.0326. The van der Waals surface area contributed by atoms with Crippen molar-refractivity contribution >= 4 is 0 Å². The smallest absolute Gasteiger partial charge is 0.0195 e. The van der Waals surface area contributed by atoms with Crippen molar-refractivity contribution in [3.8, 4) is 0 Å². The lowest BCUT2D eigenvalue weighted by Gasteiger charge is -2.48. The second-order valence-electron chi connectivity index (χ2n) is 8.30. The molecule has 2 nitrogen and oxygen atoms in total. The van der Waals surface area contributed by atoms with Crippen LogP contribution in [0.15, 0.2) is 0 Å². The number of hydrogen-bond acceptors (Lipinski definition) is 2. The number of likely N-dealkylation sites (N-methyl/N-ethyl adjacent to an activating group) is 1. The van der Waals surface area contributed by atoms with E-state index >= 15 is 0 Å². The van der Waals surface area contributed by atoms with E-state index in [2.05, 4.69) is 45.0 Å². The molecular weight excluding hydrogens is 220 g/mol. The van der Waals surface area contributed by atoms with E-state index in [0.717, 1.165) is 12.1 Å². The molecule has 1 unspecified atom stereocenters. The van der Waals surface area contributed by atoms with Gasteiger partial charge in [0, 0.05) is 18.6 Å². The molecule has 0 aromatic rings. The largest absolute Gasteiger partial charge is 0.313 e. The summed E-state index contributed by atoms with van der Waals surface area (Å²) in [4.78, 5) is 2.63. The molecule has 18 heavy (non-hydrogen) atoms. The van der Waals surface area contributed by atoms with Gasteiger partial charge in [0.2, 0.25) is 0 Å². The van der Waals surface area contributed by atoms with Gasteiger partial charge in [-0.3, -0.25) is 0 Å². The molecule has 1 saturated carbocycles. The van der Waals surface area contributed by atoms with Gasteiger partial charge in [-0.2, -0.15) is 0 Å². The topological polar surface area (TPSA) is 15.3 Å². The minimum absolute atomic E-state index is 0.504. The zero-order chi connectivity index (χ0) is 13.4. The van der Waals surface area contributed by atoms with Crippen LogP contribution in [-0.4, -0.2) is 37.1 Å². The Hall–Kier alpha value is -0.0800. The van der Waals surface area contributed by atoms with E-state index in [1.165, 1.54) is 45.2 Å². The highest BCUT2D eigenvalue weighted by Crippen LogP contribution is 2.46. The molecule has 0 bridgehead atoms. The highest BCUT2D eigenvalue weighted by molar-refractivity contribution is 4.93. The quantitative estimate of drug-likeness (QED) is 0.829. The Morgan fingerprint density at radius 3 is 2.22 bits per heavy atom. The first-order chi connectivity index (χ1) is 8.27. The third-order valence-corrected chi connectivity index (χ3v) is 4.83. The van der Waals surface area contributed by atoms with E-state index in [1.54, 1.807) is 0 Å². The normalized spacial score (nSPS) is 32.0.